The Kier molecular flexibility index (Phi) is 13.0. The molecule has 0 saturated carbocycles. The predicted molar refractivity (Wildman–Crippen MR) is 128 cm³/mol. The van der Waals surface area contributed by atoms with Gasteiger partial charge in [-0.05, 0) is 0 Å². The molecule has 5 heteroatoms. The number of benzene rings is 1. The molecule has 176 valence electrons. The van der Waals surface area contributed by atoms with Crippen LogP contribution in [-0.2, 0) is 20.8 Å². The number of aliphatic hydroxyl groups is 1. The molecule has 2 radical (unpaired) electrons. The molecule has 1 heterocycles. The van der Waals surface area contributed by atoms with E-state index in [1.165, 1.54) is 57.8 Å². The second-order valence-electron chi connectivity index (χ2n) is 9.03. The molecule has 0 aliphatic carbocycles. The van der Waals surface area contributed by atoms with Crippen molar-refractivity contribution in [2.24, 2.45) is 0 Å². The molecule has 1 fully saturated rings. The maximum atomic E-state index is 11.1. The molecule has 1 aliphatic rings. The Morgan fingerprint density at radius 1 is 1.00 bits per heavy atom. The van der Waals surface area contributed by atoms with E-state index in [-0.39, 0.29) is 16.5 Å². The molecule has 1 saturated heterocycles. The molecule has 0 unspecified atom stereocenters. The average Bonchev–Trinajstić information content (AvgIpc) is 2.80. The number of rotatable bonds is 15. The minimum absolute atomic E-state index is 0.0179. The van der Waals surface area contributed by atoms with Crippen LogP contribution in [-0.4, -0.2) is 56.0 Å². The van der Waals surface area contributed by atoms with Crippen molar-refractivity contribution in [3.05, 3.63) is 35.9 Å². The zero-order valence-electron chi connectivity index (χ0n) is 20.1. The van der Waals surface area contributed by atoms with Crippen molar-refractivity contribution in [3.63, 3.8) is 0 Å². The quantitative estimate of drug-likeness (QED) is 0.275. The molecule has 1 aromatic rings. The Morgan fingerprint density at radius 3 is 2.10 bits per heavy atom. The first kappa shape index (κ1) is 27.1. The van der Waals surface area contributed by atoms with Crippen molar-refractivity contribution in [1.29, 1.82) is 0 Å². The molecule has 1 aliphatic heterocycles. The molecule has 4 atom stereocenters. The molecule has 1 N–H and O–H groups in total. The standard InChI is InChI=1S/C13H17O4.C13H27.Sn/c1-15-13-12(7-11(14)9-17-13)16-8-10-5-3-2-4-6-10;1-4-7-10-13(11-8-5-2)12-9-6-3;/h2-6,9,11-14H,7-8H2,1H3;4-12H2,1-3H3;/t11-,12-,13+;;/m1../s1. The van der Waals surface area contributed by atoms with E-state index in [4.69, 9.17) is 14.2 Å². The van der Waals surface area contributed by atoms with Crippen molar-refractivity contribution >= 4 is 21.1 Å². The van der Waals surface area contributed by atoms with Crippen LogP contribution in [0.25, 0.3) is 0 Å². The van der Waals surface area contributed by atoms with Gasteiger partial charge in [0.1, 0.15) is 0 Å². The second-order valence-corrected chi connectivity index (χ2v) is 14.5. The molecule has 4 nitrogen and oxygen atoms in total. The normalized spacial score (nSPS) is 24.4. The topological polar surface area (TPSA) is 47.9 Å². The Morgan fingerprint density at radius 2 is 1.58 bits per heavy atom. The summed E-state index contributed by atoms with van der Waals surface area (Å²) in [6, 6.07) is 10.2. The zero-order valence-corrected chi connectivity index (χ0v) is 23.0. The van der Waals surface area contributed by atoms with E-state index in [1.54, 1.807) is 7.11 Å². The van der Waals surface area contributed by atoms with Crippen molar-refractivity contribution in [3.8, 4) is 0 Å². The summed E-state index contributed by atoms with van der Waals surface area (Å²) in [7, 11) is 1.70. The monoisotopic (exact) mass is 540 g/mol. The van der Waals surface area contributed by atoms with Gasteiger partial charge in [-0.3, -0.25) is 0 Å². The van der Waals surface area contributed by atoms with Crippen LogP contribution in [0.1, 0.15) is 90.5 Å². The number of unbranched alkanes of at least 4 members (excludes halogenated alkanes) is 3. The molecular formula is C26H44O4Sn. The van der Waals surface area contributed by atoms with Crippen molar-refractivity contribution < 1.29 is 19.3 Å². The van der Waals surface area contributed by atoms with Gasteiger partial charge in [0.15, 0.2) is 0 Å². The van der Waals surface area contributed by atoms with Gasteiger partial charge >= 0.3 is 201 Å². The van der Waals surface area contributed by atoms with Gasteiger partial charge in [-0.2, -0.15) is 0 Å². The molecular weight excluding hydrogens is 495 g/mol. The van der Waals surface area contributed by atoms with Gasteiger partial charge in [0.25, 0.3) is 0 Å². The van der Waals surface area contributed by atoms with Crippen molar-refractivity contribution in [2.75, 3.05) is 7.11 Å². The first-order valence-corrected chi connectivity index (χ1v) is 15.4. The fourth-order valence-corrected chi connectivity index (χ4v) is 10.5. The summed E-state index contributed by atoms with van der Waals surface area (Å²) in [6.45, 7) is 7.38. The van der Waals surface area contributed by atoms with Crippen LogP contribution in [0.3, 0.4) is 0 Å². The van der Waals surface area contributed by atoms with E-state index in [0.717, 1.165) is 5.56 Å². The maximum absolute atomic E-state index is 11.1. The third-order valence-electron chi connectivity index (χ3n) is 6.42. The Hall–Kier alpha value is -0.141. The van der Waals surface area contributed by atoms with Crippen molar-refractivity contribution in [1.82, 2.24) is 0 Å². The SMILES string of the molecule is CCCC[C](CCCC)(CCCC)[Sn][C@@H]1O[C@H](OC)[C@H](OCc2ccccc2)C[C@H]1O. The summed E-state index contributed by atoms with van der Waals surface area (Å²) >= 11 is -1.03. The van der Waals surface area contributed by atoms with E-state index >= 15 is 0 Å². The van der Waals surface area contributed by atoms with Crippen LogP contribution in [0.4, 0.5) is 0 Å². The van der Waals surface area contributed by atoms with Crippen LogP contribution < -0.4 is 0 Å². The summed E-state index contributed by atoms with van der Waals surface area (Å²) < 4.78 is 18.7. The van der Waals surface area contributed by atoms with E-state index in [2.05, 4.69) is 32.9 Å². The number of hydrogen-bond acceptors (Lipinski definition) is 4. The van der Waals surface area contributed by atoms with E-state index in [0.29, 0.717) is 16.5 Å². The van der Waals surface area contributed by atoms with Crippen LogP contribution in [0.15, 0.2) is 30.3 Å². The predicted octanol–water partition coefficient (Wildman–Crippen LogP) is 6.09. The summed E-state index contributed by atoms with van der Waals surface area (Å²) in [6.07, 6.45) is 11.0. The Balaban J connectivity index is 2.05. The molecule has 0 aromatic heterocycles. The zero-order chi connectivity index (χ0) is 22.5. The number of hydrogen-bond donors (Lipinski definition) is 1. The van der Waals surface area contributed by atoms with Gasteiger partial charge in [0, 0.05) is 0 Å². The summed E-state index contributed by atoms with van der Waals surface area (Å²) in [5, 5.41) is 11.1. The fraction of sp³-hybridized carbons (Fsp3) is 0.769. The summed E-state index contributed by atoms with van der Waals surface area (Å²) in [5.74, 6) is 0. The Bertz CT molecular complexity index is 560. The molecule has 0 amide bonds. The number of ether oxygens (including phenoxy) is 3. The van der Waals surface area contributed by atoms with Gasteiger partial charge in [-0.1, -0.05) is 0 Å². The van der Waals surface area contributed by atoms with Gasteiger partial charge in [0.2, 0.25) is 0 Å². The Labute approximate surface area is 200 Å². The minimum atomic E-state index is -1.03. The molecule has 0 bridgehead atoms. The molecule has 1 aromatic carbocycles. The third-order valence-corrected chi connectivity index (χ3v) is 12.6. The molecule has 2 rings (SSSR count). The van der Waals surface area contributed by atoms with Crippen LogP contribution in [0, 0.1) is 0 Å². The number of aliphatic hydroxyl groups excluding tert-OH is 1. The summed E-state index contributed by atoms with van der Waals surface area (Å²) in [4.78, 5) is 0. The number of methoxy groups -OCH3 is 1. The average molecular weight is 539 g/mol. The van der Waals surface area contributed by atoms with E-state index in [9.17, 15) is 5.11 Å². The van der Waals surface area contributed by atoms with E-state index in [1.807, 2.05) is 18.2 Å². The first-order valence-electron chi connectivity index (χ1n) is 12.4. The van der Waals surface area contributed by atoms with Gasteiger partial charge in [0.05, 0.1) is 0 Å². The van der Waals surface area contributed by atoms with Crippen LogP contribution in [0.2, 0.25) is 3.43 Å². The van der Waals surface area contributed by atoms with Crippen LogP contribution in [0.5, 0.6) is 0 Å². The first-order chi connectivity index (χ1) is 15.1. The van der Waals surface area contributed by atoms with Gasteiger partial charge in [-0.15, -0.1) is 0 Å². The van der Waals surface area contributed by atoms with Gasteiger partial charge in [-0.25, -0.2) is 0 Å². The van der Waals surface area contributed by atoms with Crippen LogP contribution >= 0.6 is 0 Å². The van der Waals surface area contributed by atoms with Gasteiger partial charge < -0.3 is 0 Å². The second kappa shape index (κ2) is 14.9. The molecule has 31 heavy (non-hydrogen) atoms. The fourth-order valence-electron chi connectivity index (χ4n) is 4.50. The molecule has 0 spiro atoms. The summed E-state index contributed by atoms with van der Waals surface area (Å²) in [5.41, 5.74) is 1.13. The van der Waals surface area contributed by atoms with Crippen molar-refractivity contribution in [2.45, 2.75) is 118 Å². The third kappa shape index (κ3) is 8.96. The van der Waals surface area contributed by atoms with E-state index < -0.39 is 27.2 Å².